The summed E-state index contributed by atoms with van der Waals surface area (Å²) in [6, 6.07) is 0.289. The van der Waals surface area contributed by atoms with Crippen molar-refractivity contribution in [2.45, 2.75) is 38.3 Å². The highest BCUT2D eigenvalue weighted by Gasteiger charge is 2.21. The van der Waals surface area contributed by atoms with Gasteiger partial charge in [-0.1, -0.05) is 0 Å². The number of nitrogens with two attached hydrogens (primary N) is 1. The van der Waals surface area contributed by atoms with Crippen LogP contribution in [0.4, 0.5) is 0 Å². The van der Waals surface area contributed by atoms with Gasteiger partial charge in [-0.05, 0) is 26.2 Å². The van der Waals surface area contributed by atoms with Crippen LogP contribution in [0.3, 0.4) is 0 Å². The van der Waals surface area contributed by atoms with Crippen molar-refractivity contribution in [1.29, 1.82) is 0 Å². The van der Waals surface area contributed by atoms with Crippen LogP contribution in [-0.4, -0.2) is 38.8 Å². The molecule has 1 fully saturated rings. The van der Waals surface area contributed by atoms with Gasteiger partial charge in [-0.2, -0.15) is 0 Å². The highest BCUT2D eigenvalue weighted by atomic mass is 16.5. The van der Waals surface area contributed by atoms with E-state index in [0.717, 1.165) is 32.2 Å². The summed E-state index contributed by atoms with van der Waals surface area (Å²) in [5.41, 5.74) is 5.63. The lowest BCUT2D eigenvalue weighted by molar-refractivity contribution is -0.113. The molecule has 0 amide bonds. The Bertz CT molecular complexity index is 139. The second kappa shape index (κ2) is 9.12. The summed E-state index contributed by atoms with van der Waals surface area (Å²) >= 11 is 0. The fraction of sp³-hybridized carbons (Fsp3) is 0.900. The number of carbonyl (C=O) groups is 1. The summed E-state index contributed by atoms with van der Waals surface area (Å²) in [5, 5.41) is 0. The highest BCUT2D eigenvalue weighted by molar-refractivity contribution is 5.50. The SMILES string of the molecule is CCOC.NC1CCC(OCC=O)C1. The van der Waals surface area contributed by atoms with Gasteiger partial charge in [0.2, 0.25) is 0 Å². The zero-order chi connectivity index (χ0) is 10.8. The van der Waals surface area contributed by atoms with Crippen LogP contribution >= 0.6 is 0 Å². The van der Waals surface area contributed by atoms with Crippen molar-refractivity contribution < 1.29 is 14.3 Å². The normalized spacial score (nSPS) is 25.4. The van der Waals surface area contributed by atoms with Crippen LogP contribution in [-0.2, 0) is 14.3 Å². The van der Waals surface area contributed by atoms with Gasteiger partial charge >= 0.3 is 0 Å². The molecule has 4 heteroatoms. The molecule has 2 atom stereocenters. The van der Waals surface area contributed by atoms with Crippen molar-refractivity contribution in [3.63, 3.8) is 0 Å². The smallest absolute Gasteiger partial charge is 0.145 e. The van der Waals surface area contributed by atoms with Crippen molar-refractivity contribution >= 4 is 6.29 Å². The first-order valence-electron chi connectivity index (χ1n) is 5.04. The largest absolute Gasteiger partial charge is 0.385 e. The summed E-state index contributed by atoms with van der Waals surface area (Å²) < 4.78 is 9.72. The molecule has 2 N–H and O–H groups in total. The first kappa shape index (κ1) is 13.5. The second-order valence-corrected chi connectivity index (χ2v) is 3.27. The van der Waals surface area contributed by atoms with Gasteiger partial charge in [0.25, 0.3) is 0 Å². The molecule has 0 radical (unpaired) electrons. The predicted molar refractivity (Wildman–Crippen MR) is 55.2 cm³/mol. The minimum absolute atomic E-state index is 0.220. The van der Waals surface area contributed by atoms with Crippen LogP contribution in [0, 0.1) is 0 Å². The quantitative estimate of drug-likeness (QED) is 0.684. The lowest BCUT2D eigenvalue weighted by atomic mass is 10.3. The predicted octanol–water partition coefficient (Wildman–Crippen LogP) is 0.734. The first-order valence-corrected chi connectivity index (χ1v) is 5.04. The minimum Gasteiger partial charge on any atom is -0.385 e. The van der Waals surface area contributed by atoms with Crippen LogP contribution in [0.5, 0.6) is 0 Å². The van der Waals surface area contributed by atoms with Crippen molar-refractivity contribution in [1.82, 2.24) is 0 Å². The number of rotatable bonds is 4. The Kier molecular flexibility index (Phi) is 8.83. The molecule has 1 aliphatic rings. The lowest BCUT2D eigenvalue weighted by Gasteiger charge is -2.07. The molecule has 0 aromatic heterocycles. The average molecular weight is 203 g/mol. The van der Waals surface area contributed by atoms with Crippen molar-refractivity contribution in [3.8, 4) is 0 Å². The molecule has 0 spiro atoms. The fourth-order valence-corrected chi connectivity index (χ4v) is 1.30. The Hall–Kier alpha value is -0.450. The van der Waals surface area contributed by atoms with E-state index in [-0.39, 0.29) is 18.8 Å². The molecular formula is C10H21NO3. The number of ether oxygens (including phenoxy) is 2. The summed E-state index contributed by atoms with van der Waals surface area (Å²) in [6.45, 7) is 3.00. The van der Waals surface area contributed by atoms with E-state index >= 15 is 0 Å². The van der Waals surface area contributed by atoms with Crippen LogP contribution in [0.25, 0.3) is 0 Å². The Labute approximate surface area is 85.8 Å². The van der Waals surface area contributed by atoms with Crippen molar-refractivity contribution in [2.24, 2.45) is 5.73 Å². The lowest BCUT2D eigenvalue weighted by Crippen LogP contribution is -2.17. The Balaban J connectivity index is 0.000000364. The number of aldehydes is 1. The third kappa shape index (κ3) is 7.00. The highest BCUT2D eigenvalue weighted by Crippen LogP contribution is 2.19. The van der Waals surface area contributed by atoms with Crippen molar-refractivity contribution in [2.75, 3.05) is 20.3 Å². The summed E-state index contributed by atoms with van der Waals surface area (Å²) in [7, 11) is 1.68. The van der Waals surface area contributed by atoms with E-state index in [1.165, 1.54) is 0 Å². The van der Waals surface area contributed by atoms with E-state index in [4.69, 9.17) is 10.5 Å². The van der Waals surface area contributed by atoms with Gasteiger partial charge in [0, 0.05) is 19.8 Å². The van der Waals surface area contributed by atoms with E-state index in [0.29, 0.717) is 0 Å². The van der Waals surface area contributed by atoms with Gasteiger partial charge in [0.15, 0.2) is 0 Å². The average Bonchev–Trinajstić information content (AvgIpc) is 2.61. The molecule has 0 aliphatic heterocycles. The zero-order valence-electron chi connectivity index (χ0n) is 9.07. The van der Waals surface area contributed by atoms with Crippen LogP contribution in [0.2, 0.25) is 0 Å². The molecule has 84 valence electrons. The van der Waals surface area contributed by atoms with Crippen LogP contribution < -0.4 is 5.73 Å². The molecule has 0 aromatic carbocycles. The summed E-state index contributed by atoms with van der Waals surface area (Å²) in [5.74, 6) is 0. The maximum atomic E-state index is 9.89. The Morgan fingerprint density at radius 3 is 2.50 bits per heavy atom. The third-order valence-corrected chi connectivity index (χ3v) is 2.11. The molecule has 1 aliphatic carbocycles. The fourth-order valence-electron chi connectivity index (χ4n) is 1.30. The van der Waals surface area contributed by atoms with Gasteiger partial charge in [-0.25, -0.2) is 0 Å². The van der Waals surface area contributed by atoms with E-state index in [9.17, 15) is 4.79 Å². The summed E-state index contributed by atoms with van der Waals surface area (Å²) in [4.78, 5) is 9.89. The third-order valence-electron chi connectivity index (χ3n) is 2.11. The standard InChI is InChI=1S/C7H13NO2.C3H8O/c8-6-1-2-7(5-6)10-4-3-9;1-3-4-2/h3,6-7H,1-2,4-5,8H2;3H2,1-2H3. The first-order chi connectivity index (χ1) is 6.74. The Morgan fingerprint density at radius 1 is 1.50 bits per heavy atom. The molecule has 0 saturated heterocycles. The van der Waals surface area contributed by atoms with Gasteiger partial charge in [0.05, 0.1) is 6.10 Å². The minimum atomic E-state index is 0.220. The molecule has 1 rings (SSSR count). The zero-order valence-corrected chi connectivity index (χ0v) is 9.07. The molecule has 1 saturated carbocycles. The van der Waals surface area contributed by atoms with Crippen molar-refractivity contribution in [3.05, 3.63) is 0 Å². The van der Waals surface area contributed by atoms with Gasteiger partial charge in [-0.15, -0.1) is 0 Å². The van der Waals surface area contributed by atoms with E-state index in [1.54, 1.807) is 7.11 Å². The maximum Gasteiger partial charge on any atom is 0.145 e. The Morgan fingerprint density at radius 2 is 2.14 bits per heavy atom. The molecule has 4 nitrogen and oxygen atoms in total. The number of methoxy groups -OCH3 is 1. The molecule has 14 heavy (non-hydrogen) atoms. The molecule has 0 aromatic rings. The van der Waals surface area contributed by atoms with Gasteiger partial charge in [0.1, 0.15) is 12.9 Å². The van der Waals surface area contributed by atoms with Crippen LogP contribution in [0.1, 0.15) is 26.2 Å². The van der Waals surface area contributed by atoms with Gasteiger partial charge < -0.3 is 20.0 Å². The van der Waals surface area contributed by atoms with Gasteiger partial charge in [-0.3, -0.25) is 0 Å². The second-order valence-electron chi connectivity index (χ2n) is 3.27. The molecule has 0 bridgehead atoms. The number of hydrogen-bond donors (Lipinski definition) is 1. The molecule has 2 unspecified atom stereocenters. The van der Waals surface area contributed by atoms with E-state index in [2.05, 4.69) is 4.74 Å². The maximum absolute atomic E-state index is 9.89. The number of carbonyl (C=O) groups excluding carboxylic acids is 1. The topological polar surface area (TPSA) is 61.6 Å². The summed E-state index contributed by atoms with van der Waals surface area (Å²) in [6.07, 6.45) is 3.97. The monoisotopic (exact) mass is 203 g/mol. The number of hydrogen-bond acceptors (Lipinski definition) is 4. The molecular weight excluding hydrogens is 182 g/mol. The van der Waals surface area contributed by atoms with E-state index < -0.39 is 0 Å². The van der Waals surface area contributed by atoms with Crippen LogP contribution in [0.15, 0.2) is 0 Å². The van der Waals surface area contributed by atoms with E-state index in [1.807, 2.05) is 6.92 Å². The molecule has 0 heterocycles.